The third-order valence-electron chi connectivity index (χ3n) is 1.79. The smallest absolute Gasteiger partial charge is 0.422 e. The van der Waals surface area contributed by atoms with Crippen LogP contribution in [0.15, 0.2) is 10.6 Å². The van der Waals surface area contributed by atoms with Crippen molar-refractivity contribution >= 4 is 12.7 Å². The normalized spacial score (nSPS) is 16.9. The molecule has 58 valence electrons. The number of rotatable bonds is 2. The molecule has 2 rings (SSSR count). The predicted octanol–water partition coefficient (Wildman–Crippen LogP) is -0.768. The van der Waals surface area contributed by atoms with Gasteiger partial charge in [0.1, 0.15) is 11.4 Å². The van der Waals surface area contributed by atoms with E-state index in [0.29, 0.717) is 5.92 Å². The van der Waals surface area contributed by atoms with Crippen molar-refractivity contribution in [1.29, 1.82) is 0 Å². The van der Waals surface area contributed by atoms with Gasteiger partial charge in [0.25, 0.3) is 0 Å². The average Bonchev–Trinajstić information content (AvgIpc) is 2.68. The maximum Gasteiger partial charge on any atom is 0.511 e. The van der Waals surface area contributed by atoms with Crippen molar-refractivity contribution in [2.45, 2.75) is 18.8 Å². The fraction of sp³-hybridized carbons (Fsp3) is 0.500. The second-order valence-corrected chi connectivity index (χ2v) is 2.80. The van der Waals surface area contributed by atoms with Gasteiger partial charge in [0.15, 0.2) is 0 Å². The molecule has 1 aliphatic rings. The summed E-state index contributed by atoms with van der Waals surface area (Å²) in [5.41, 5.74) is 0.201. The van der Waals surface area contributed by atoms with Gasteiger partial charge in [-0.05, 0) is 12.8 Å². The lowest BCUT2D eigenvalue weighted by atomic mass is 9.86. The zero-order valence-corrected chi connectivity index (χ0v) is 5.90. The quantitative estimate of drug-likeness (QED) is 0.547. The van der Waals surface area contributed by atoms with Crippen molar-refractivity contribution in [3.63, 3.8) is 0 Å². The van der Waals surface area contributed by atoms with Crippen LogP contribution >= 0.6 is 0 Å². The van der Waals surface area contributed by atoms with Crippen LogP contribution in [0.25, 0.3) is 0 Å². The topological polar surface area (TPSA) is 66.5 Å². The zero-order chi connectivity index (χ0) is 7.84. The molecule has 0 atom stereocenters. The third-order valence-corrected chi connectivity index (χ3v) is 1.79. The minimum absolute atomic E-state index is 0.201. The van der Waals surface area contributed by atoms with Crippen molar-refractivity contribution in [3.8, 4) is 0 Å². The standard InChI is InChI=1S/C6H8BNO3/c9-7(10)6-3-5(11-8-6)4-1-2-4/h3-4,9-10H,1-2H2. The summed E-state index contributed by atoms with van der Waals surface area (Å²) in [6.07, 6.45) is 2.24. The van der Waals surface area contributed by atoms with Crippen LogP contribution in [0.2, 0.25) is 0 Å². The van der Waals surface area contributed by atoms with E-state index >= 15 is 0 Å². The Kier molecular flexibility index (Phi) is 1.47. The summed E-state index contributed by atoms with van der Waals surface area (Å²) in [5.74, 6) is 1.24. The maximum atomic E-state index is 8.67. The molecule has 1 saturated carbocycles. The SMILES string of the molecule is OB(O)c1cc(C2CC2)on1. The Morgan fingerprint density at radius 1 is 1.55 bits per heavy atom. The molecule has 2 N–H and O–H groups in total. The zero-order valence-electron chi connectivity index (χ0n) is 5.90. The first-order chi connectivity index (χ1) is 5.27. The molecule has 1 fully saturated rings. The molecule has 0 spiro atoms. The van der Waals surface area contributed by atoms with Crippen molar-refractivity contribution in [2.75, 3.05) is 0 Å². The van der Waals surface area contributed by atoms with Gasteiger partial charge in [-0.3, -0.25) is 0 Å². The van der Waals surface area contributed by atoms with Crippen molar-refractivity contribution in [1.82, 2.24) is 5.16 Å². The van der Waals surface area contributed by atoms with Gasteiger partial charge < -0.3 is 14.6 Å². The monoisotopic (exact) mass is 153 g/mol. The summed E-state index contributed by atoms with van der Waals surface area (Å²) in [4.78, 5) is 0. The highest BCUT2D eigenvalue weighted by Crippen LogP contribution is 2.39. The first kappa shape index (κ1) is 6.88. The van der Waals surface area contributed by atoms with Gasteiger partial charge in [0.2, 0.25) is 0 Å². The first-order valence-corrected chi connectivity index (χ1v) is 3.60. The van der Waals surface area contributed by atoms with Crippen molar-refractivity contribution in [3.05, 3.63) is 11.8 Å². The van der Waals surface area contributed by atoms with Crippen LogP contribution in [0.5, 0.6) is 0 Å². The number of hydrogen-bond donors (Lipinski definition) is 2. The summed E-state index contributed by atoms with van der Waals surface area (Å²) in [6, 6.07) is 1.60. The summed E-state index contributed by atoms with van der Waals surface area (Å²) in [5, 5.41) is 20.8. The van der Waals surface area contributed by atoms with E-state index < -0.39 is 7.12 Å². The molecule has 0 radical (unpaired) electrons. The van der Waals surface area contributed by atoms with Crippen LogP contribution in [0.3, 0.4) is 0 Å². The highest BCUT2D eigenvalue weighted by Gasteiger charge is 2.29. The molecular formula is C6H8BNO3. The van der Waals surface area contributed by atoms with Gasteiger partial charge >= 0.3 is 7.12 Å². The number of hydrogen-bond acceptors (Lipinski definition) is 4. The maximum absolute atomic E-state index is 8.67. The lowest BCUT2D eigenvalue weighted by Gasteiger charge is -1.85. The second-order valence-electron chi connectivity index (χ2n) is 2.80. The third kappa shape index (κ3) is 1.29. The highest BCUT2D eigenvalue weighted by atomic mass is 16.5. The molecule has 0 saturated heterocycles. The Morgan fingerprint density at radius 3 is 2.73 bits per heavy atom. The first-order valence-electron chi connectivity index (χ1n) is 3.60. The minimum atomic E-state index is -1.51. The van der Waals surface area contributed by atoms with Crippen LogP contribution in [-0.2, 0) is 0 Å². The van der Waals surface area contributed by atoms with E-state index in [2.05, 4.69) is 5.16 Å². The predicted molar refractivity (Wildman–Crippen MR) is 38.3 cm³/mol. The Morgan fingerprint density at radius 2 is 2.27 bits per heavy atom. The van der Waals surface area contributed by atoms with E-state index in [-0.39, 0.29) is 5.59 Å². The lowest BCUT2D eigenvalue weighted by molar-refractivity contribution is 0.379. The van der Waals surface area contributed by atoms with E-state index in [1.165, 1.54) is 0 Å². The van der Waals surface area contributed by atoms with Crippen LogP contribution < -0.4 is 5.59 Å². The van der Waals surface area contributed by atoms with Gasteiger partial charge in [-0.1, -0.05) is 5.16 Å². The number of nitrogens with zero attached hydrogens (tertiary/aromatic N) is 1. The van der Waals surface area contributed by atoms with E-state index in [9.17, 15) is 0 Å². The highest BCUT2D eigenvalue weighted by molar-refractivity contribution is 6.57. The lowest BCUT2D eigenvalue weighted by Crippen LogP contribution is -2.30. The van der Waals surface area contributed by atoms with Crippen LogP contribution in [0.4, 0.5) is 0 Å². The van der Waals surface area contributed by atoms with E-state index in [1.807, 2.05) is 0 Å². The van der Waals surface area contributed by atoms with Gasteiger partial charge in [-0.2, -0.15) is 0 Å². The molecule has 1 heterocycles. The molecule has 11 heavy (non-hydrogen) atoms. The Hall–Kier alpha value is -0.805. The van der Waals surface area contributed by atoms with Gasteiger partial charge in [0, 0.05) is 12.0 Å². The molecule has 1 aromatic rings. The molecule has 0 bridgehead atoms. The van der Waals surface area contributed by atoms with Crippen LogP contribution in [0, 0.1) is 0 Å². The summed E-state index contributed by atoms with van der Waals surface area (Å²) >= 11 is 0. The molecule has 1 aliphatic carbocycles. The largest absolute Gasteiger partial charge is 0.511 e. The molecule has 0 aliphatic heterocycles. The minimum Gasteiger partial charge on any atom is -0.422 e. The molecule has 0 aromatic carbocycles. The summed E-state index contributed by atoms with van der Waals surface area (Å²) in [7, 11) is -1.51. The fourth-order valence-electron chi connectivity index (χ4n) is 0.986. The molecule has 0 amide bonds. The molecular weight excluding hydrogens is 145 g/mol. The summed E-state index contributed by atoms with van der Waals surface area (Å²) in [6.45, 7) is 0. The van der Waals surface area contributed by atoms with Gasteiger partial charge in [-0.15, -0.1) is 0 Å². The molecule has 0 unspecified atom stereocenters. The molecule has 4 nitrogen and oxygen atoms in total. The summed E-state index contributed by atoms with van der Waals surface area (Å²) < 4.78 is 4.88. The van der Waals surface area contributed by atoms with Crippen molar-refractivity contribution < 1.29 is 14.6 Å². The molecule has 1 aromatic heterocycles. The van der Waals surface area contributed by atoms with E-state index in [0.717, 1.165) is 18.6 Å². The number of aromatic nitrogens is 1. The average molecular weight is 153 g/mol. The second kappa shape index (κ2) is 2.35. The van der Waals surface area contributed by atoms with Crippen LogP contribution in [0.1, 0.15) is 24.5 Å². The van der Waals surface area contributed by atoms with Crippen molar-refractivity contribution in [2.24, 2.45) is 0 Å². The molecule has 5 heteroatoms. The Labute approximate surface area is 64.0 Å². The fourth-order valence-corrected chi connectivity index (χ4v) is 0.986. The van der Waals surface area contributed by atoms with Crippen LogP contribution in [-0.4, -0.2) is 22.3 Å². The van der Waals surface area contributed by atoms with E-state index in [4.69, 9.17) is 14.6 Å². The van der Waals surface area contributed by atoms with Gasteiger partial charge in [0.05, 0.1) is 0 Å². The Balaban J connectivity index is 2.18. The van der Waals surface area contributed by atoms with Gasteiger partial charge in [-0.25, -0.2) is 0 Å². The Bertz CT molecular complexity index is 240. The van der Waals surface area contributed by atoms with E-state index in [1.54, 1.807) is 6.07 Å².